The van der Waals surface area contributed by atoms with E-state index in [1.807, 2.05) is 0 Å². The highest BCUT2D eigenvalue weighted by molar-refractivity contribution is 5.90. The van der Waals surface area contributed by atoms with Crippen LogP contribution in [0, 0.1) is 0 Å². The Bertz CT molecular complexity index is 416. The third kappa shape index (κ3) is 6.42. The zero-order chi connectivity index (χ0) is 14.1. The van der Waals surface area contributed by atoms with E-state index in [-0.39, 0.29) is 12.5 Å². The van der Waals surface area contributed by atoms with E-state index in [0.29, 0.717) is 30.9 Å². The molecule has 0 aromatic heterocycles. The van der Waals surface area contributed by atoms with E-state index in [0.717, 1.165) is 0 Å². The lowest BCUT2D eigenvalue weighted by atomic mass is 10.2. The lowest BCUT2D eigenvalue weighted by molar-refractivity contribution is -0.139. The van der Waals surface area contributed by atoms with Gasteiger partial charge in [0.05, 0.1) is 0 Å². The molecule has 0 saturated heterocycles. The summed E-state index contributed by atoms with van der Waals surface area (Å²) in [7, 11) is 1.59. The van der Waals surface area contributed by atoms with Gasteiger partial charge in [0.25, 0.3) is 0 Å². The van der Waals surface area contributed by atoms with Crippen LogP contribution in [0.25, 0.3) is 0 Å². The van der Waals surface area contributed by atoms with Crippen molar-refractivity contribution in [2.24, 2.45) is 0 Å². The van der Waals surface area contributed by atoms with Crippen LogP contribution < -0.4 is 10.1 Å². The molecule has 0 bridgehead atoms. The minimum Gasteiger partial charge on any atom is -0.482 e. The number of carbonyl (C=O) groups excluding carboxylic acids is 1. The van der Waals surface area contributed by atoms with Crippen molar-refractivity contribution in [3.05, 3.63) is 24.3 Å². The van der Waals surface area contributed by atoms with Gasteiger partial charge in [-0.1, -0.05) is 0 Å². The molecular formula is C13H17NO5. The van der Waals surface area contributed by atoms with Crippen molar-refractivity contribution >= 4 is 17.6 Å². The summed E-state index contributed by atoms with van der Waals surface area (Å²) in [6, 6.07) is 6.53. The summed E-state index contributed by atoms with van der Waals surface area (Å²) in [6.45, 7) is 0.165. The third-order valence-corrected chi connectivity index (χ3v) is 2.25. The second-order valence-electron chi connectivity index (χ2n) is 3.85. The number of hydrogen-bond donors (Lipinski definition) is 2. The summed E-state index contributed by atoms with van der Waals surface area (Å²) in [5, 5.41) is 11.2. The van der Waals surface area contributed by atoms with Crippen LogP contribution in [0.1, 0.15) is 12.8 Å². The first-order valence-corrected chi connectivity index (χ1v) is 5.85. The number of aliphatic carboxylic acids is 1. The van der Waals surface area contributed by atoms with Gasteiger partial charge in [0, 0.05) is 25.8 Å². The maximum absolute atomic E-state index is 11.5. The summed E-state index contributed by atoms with van der Waals surface area (Å²) < 4.78 is 9.84. The van der Waals surface area contributed by atoms with Gasteiger partial charge in [-0.2, -0.15) is 0 Å². The molecule has 0 spiro atoms. The number of carboxylic acid groups (broad SMARTS) is 1. The number of nitrogens with one attached hydrogen (secondary N) is 1. The maximum atomic E-state index is 11.5. The molecule has 0 atom stereocenters. The topological polar surface area (TPSA) is 84.9 Å². The van der Waals surface area contributed by atoms with Crippen molar-refractivity contribution in [3.63, 3.8) is 0 Å². The Morgan fingerprint density at radius 3 is 2.53 bits per heavy atom. The monoisotopic (exact) mass is 267 g/mol. The predicted octanol–water partition coefficient (Wildman–Crippen LogP) is 1.52. The van der Waals surface area contributed by atoms with Crippen LogP contribution in [0.4, 0.5) is 5.69 Å². The highest BCUT2D eigenvalue weighted by atomic mass is 16.5. The normalized spacial score (nSPS) is 9.95. The number of ether oxygens (including phenoxy) is 2. The first-order valence-electron chi connectivity index (χ1n) is 5.85. The molecule has 0 heterocycles. The smallest absolute Gasteiger partial charge is 0.341 e. The van der Waals surface area contributed by atoms with Gasteiger partial charge < -0.3 is 19.9 Å². The number of amides is 1. The fourth-order valence-corrected chi connectivity index (χ4v) is 1.38. The van der Waals surface area contributed by atoms with Gasteiger partial charge in [0.15, 0.2) is 6.61 Å². The first-order chi connectivity index (χ1) is 9.11. The maximum Gasteiger partial charge on any atom is 0.341 e. The van der Waals surface area contributed by atoms with Crippen molar-refractivity contribution < 1.29 is 24.2 Å². The number of carbonyl (C=O) groups is 2. The lowest BCUT2D eigenvalue weighted by Gasteiger charge is -2.07. The average Bonchev–Trinajstić information content (AvgIpc) is 2.38. The van der Waals surface area contributed by atoms with Crippen molar-refractivity contribution in [2.75, 3.05) is 25.6 Å². The molecule has 1 amide bonds. The number of carboxylic acids is 1. The van der Waals surface area contributed by atoms with E-state index in [2.05, 4.69) is 5.32 Å². The van der Waals surface area contributed by atoms with Gasteiger partial charge in [0.2, 0.25) is 5.91 Å². The lowest BCUT2D eigenvalue weighted by Crippen LogP contribution is -2.12. The van der Waals surface area contributed by atoms with Crippen LogP contribution in [0.5, 0.6) is 5.75 Å². The Morgan fingerprint density at radius 2 is 1.95 bits per heavy atom. The highest BCUT2D eigenvalue weighted by Gasteiger charge is 2.03. The summed E-state index contributed by atoms with van der Waals surface area (Å²) >= 11 is 0. The molecule has 0 unspecified atom stereocenters. The van der Waals surface area contributed by atoms with Crippen LogP contribution >= 0.6 is 0 Å². The largest absolute Gasteiger partial charge is 0.482 e. The minimum absolute atomic E-state index is 0.0868. The van der Waals surface area contributed by atoms with Gasteiger partial charge in [-0.3, -0.25) is 4.79 Å². The zero-order valence-electron chi connectivity index (χ0n) is 10.7. The summed E-state index contributed by atoms with van der Waals surface area (Å²) in [6.07, 6.45) is 1.06. The molecular weight excluding hydrogens is 250 g/mol. The number of benzene rings is 1. The van der Waals surface area contributed by atoms with Crippen molar-refractivity contribution in [1.29, 1.82) is 0 Å². The fourth-order valence-electron chi connectivity index (χ4n) is 1.38. The van der Waals surface area contributed by atoms with E-state index in [1.165, 1.54) is 0 Å². The summed E-state index contributed by atoms with van der Waals surface area (Å²) in [5.74, 6) is -0.674. The highest BCUT2D eigenvalue weighted by Crippen LogP contribution is 2.15. The van der Waals surface area contributed by atoms with Crippen LogP contribution in [-0.4, -0.2) is 37.3 Å². The Labute approximate surface area is 111 Å². The van der Waals surface area contributed by atoms with Crippen molar-refractivity contribution in [2.45, 2.75) is 12.8 Å². The second kappa shape index (κ2) is 8.10. The Hall–Kier alpha value is -2.08. The Balaban J connectivity index is 2.39. The molecule has 19 heavy (non-hydrogen) atoms. The van der Waals surface area contributed by atoms with Gasteiger partial charge in [-0.15, -0.1) is 0 Å². The molecule has 1 rings (SSSR count). The number of anilines is 1. The molecule has 2 N–H and O–H groups in total. The van der Waals surface area contributed by atoms with E-state index in [1.54, 1.807) is 31.4 Å². The molecule has 0 fully saturated rings. The second-order valence-corrected chi connectivity index (χ2v) is 3.85. The fraction of sp³-hybridized carbons (Fsp3) is 0.385. The van der Waals surface area contributed by atoms with E-state index in [9.17, 15) is 9.59 Å². The SMILES string of the molecule is COCCCC(=O)Nc1ccc(OCC(=O)O)cc1. The number of methoxy groups -OCH3 is 1. The Morgan fingerprint density at radius 1 is 1.26 bits per heavy atom. The summed E-state index contributed by atoms with van der Waals surface area (Å²) in [4.78, 5) is 21.8. The molecule has 0 aliphatic carbocycles. The molecule has 0 saturated carbocycles. The van der Waals surface area contributed by atoms with Crippen LogP contribution in [0.15, 0.2) is 24.3 Å². The molecule has 0 aliphatic heterocycles. The van der Waals surface area contributed by atoms with Gasteiger partial charge >= 0.3 is 5.97 Å². The van der Waals surface area contributed by atoms with Gasteiger partial charge in [-0.25, -0.2) is 4.79 Å². The molecule has 1 aromatic rings. The van der Waals surface area contributed by atoms with E-state index in [4.69, 9.17) is 14.6 Å². The Kier molecular flexibility index (Phi) is 6.38. The van der Waals surface area contributed by atoms with Crippen LogP contribution in [-0.2, 0) is 14.3 Å². The average molecular weight is 267 g/mol. The van der Waals surface area contributed by atoms with E-state index < -0.39 is 5.97 Å². The number of hydrogen-bond acceptors (Lipinski definition) is 4. The first kappa shape index (κ1) is 15.0. The van der Waals surface area contributed by atoms with Crippen molar-refractivity contribution in [1.82, 2.24) is 0 Å². The van der Waals surface area contributed by atoms with Gasteiger partial charge in [-0.05, 0) is 30.7 Å². The van der Waals surface area contributed by atoms with Crippen LogP contribution in [0.3, 0.4) is 0 Å². The minimum atomic E-state index is -1.03. The molecule has 1 aromatic carbocycles. The molecule has 104 valence electrons. The molecule has 6 heteroatoms. The van der Waals surface area contributed by atoms with Gasteiger partial charge in [0.1, 0.15) is 5.75 Å². The predicted molar refractivity (Wildman–Crippen MR) is 69.3 cm³/mol. The quantitative estimate of drug-likeness (QED) is 0.697. The van der Waals surface area contributed by atoms with Crippen molar-refractivity contribution in [3.8, 4) is 5.75 Å². The summed E-state index contributed by atoms with van der Waals surface area (Å²) in [5.41, 5.74) is 0.644. The standard InChI is InChI=1S/C13H17NO5/c1-18-8-2-3-12(15)14-10-4-6-11(7-5-10)19-9-13(16)17/h4-7H,2-3,8-9H2,1H3,(H,14,15)(H,16,17). The number of rotatable bonds is 8. The zero-order valence-corrected chi connectivity index (χ0v) is 10.7. The van der Waals surface area contributed by atoms with Crippen LogP contribution in [0.2, 0.25) is 0 Å². The molecule has 0 radical (unpaired) electrons. The molecule has 0 aliphatic rings. The van der Waals surface area contributed by atoms with E-state index >= 15 is 0 Å². The third-order valence-electron chi connectivity index (χ3n) is 2.25. The molecule has 6 nitrogen and oxygen atoms in total.